The van der Waals surface area contributed by atoms with Gasteiger partial charge in [-0.3, -0.25) is 0 Å². The summed E-state index contributed by atoms with van der Waals surface area (Å²) in [6.07, 6.45) is 7.13. The summed E-state index contributed by atoms with van der Waals surface area (Å²) in [6, 6.07) is 0. The van der Waals surface area contributed by atoms with E-state index in [1.807, 2.05) is 43.4 Å². The molecule has 0 bridgehead atoms. The van der Waals surface area contributed by atoms with E-state index < -0.39 is 8.80 Å². The SMILES string of the molecule is CCO[Si](/C=C\n1ccnc1)(OCC)OCC. The Balaban J connectivity index is 2.79. The van der Waals surface area contributed by atoms with Gasteiger partial charge in [-0.15, -0.1) is 0 Å². The summed E-state index contributed by atoms with van der Waals surface area (Å²) in [5.41, 5.74) is 1.88. The minimum Gasteiger partial charge on any atom is -0.371 e. The maximum Gasteiger partial charge on any atom is 0.531 e. The van der Waals surface area contributed by atoms with E-state index in [2.05, 4.69) is 4.98 Å². The minimum atomic E-state index is -2.68. The second-order valence-electron chi connectivity index (χ2n) is 3.23. The second kappa shape index (κ2) is 7.39. The third-order valence-electron chi connectivity index (χ3n) is 2.01. The summed E-state index contributed by atoms with van der Waals surface area (Å²) in [4.78, 5) is 3.97. The van der Waals surface area contributed by atoms with Gasteiger partial charge in [-0.05, 0) is 20.8 Å². The van der Waals surface area contributed by atoms with Crippen LogP contribution >= 0.6 is 0 Å². The lowest BCUT2D eigenvalue weighted by Gasteiger charge is -2.25. The molecule has 0 saturated carbocycles. The molecule has 6 heteroatoms. The molecule has 0 aliphatic heterocycles. The summed E-state index contributed by atoms with van der Waals surface area (Å²) in [6.45, 7) is 7.52. The van der Waals surface area contributed by atoms with Gasteiger partial charge in [-0.25, -0.2) is 4.98 Å². The van der Waals surface area contributed by atoms with Crippen molar-refractivity contribution in [2.45, 2.75) is 20.8 Å². The van der Waals surface area contributed by atoms with Gasteiger partial charge in [0.1, 0.15) is 0 Å². The van der Waals surface area contributed by atoms with E-state index in [1.165, 1.54) is 0 Å². The maximum atomic E-state index is 5.68. The van der Waals surface area contributed by atoms with Crippen molar-refractivity contribution in [3.63, 3.8) is 0 Å². The Labute approximate surface area is 103 Å². The van der Waals surface area contributed by atoms with Gasteiger partial charge < -0.3 is 17.8 Å². The van der Waals surface area contributed by atoms with Crippen LogP contribution in [0.4, 0.5) is 0 Å². The molecule has 96 valence electrons. The van der Waals surface area contributed by atoms with E-state index in [4.69, 9.17) is 13.3 Å². The Morgan fingerprint density at radius 3 is 2.12 bits per heavy atom. The van der Waals surface area contributed by atoms with Gasteiger partial charge in [-0.2, -0.15) is 0 Å². The van der Waals surface area contributed by atoms with E-state index in [0.717, 1.165) is 0 Å². The van der Waals surface area contributed by atoms with E-state index in [9.17, 15) is 0 Å². The van der Waals surface area contributed by atoms with Crippen LogP contribution in [0.5, 0.6) is 0 Å². The number of aromatic nitrogens is 2. The van der Waals surface area contributed by atoms with Gasteiger partial charge in [-0.1, -0.05) is 0 Å². The fraction of sp³-hybridized carbons (Fsp3) is 0.545. The monoisotopic (exact) mass is 256 g/mol. The van der Waals surface area contributed by atoms with Gasteiger partial charge in [0, 0.05) is 44.1 Å². The van der Waals surface area contributed by atoms with E-state index in [-0.39, 0.29) is 0 Å². The normalized spacial score (nSPS) is 12.4. The Morgan fingerprint density at radius 2 is 1.71 bits per heavy atom. The first kappa shape index (κ1) is 14.1. The molecule has 0 aromatic carbocycles. The summed E-state index contributed by atoms with van der Waals surface area (Å²) in [5.74, 6) is 0. The van der Waals surface area contributed by atoms with Crippen LogP contribution in [0.1, 0.15) is 20.8 Å². The first-order chi connectivity index (χ1) is 8.26. The zero-order valence-corrected chi connectivity index (χ0v) is 11.6. The lowest BCUT2D eigenvalue weighted by molar-refractivity contribution is 0.0844. The molecule has 1 rings (SSSR count). The highest BCUT2D eigenvalue weighted by atomic mass is 28.4. The van der Waals surface area contributed by atoms with E-state index in [1.54, 1.807) is 12.5 Å². The Morgan fingerprint density at radius 1 is 1.12 bits per heavy atom. The smallest absolute Gasteiger partial charge is 0.371 e. The number of rotatable bonds is 8. The molecular weight excluding hydrogens is 236 g/mol. The molecule has 0 radical (unpaired) electrons. The molecule has 0 saturated heterocycles. The van der Waals surface area contributed by atoms with Gasteiger partial charge in [0.15, 0.2) is 0 Å². The van der Waals surface area contributed by atoms with Crippen LogP contribution in [-0.2, 0) is 13.3 Å². The van der Waals surface area contributed by atoms with Crippen molar-refractivity contribution in [3.05, 3.63) is 24.4 Å². The average molecular weight is 256 g/mol. The van der Waals surface area contributed by atoms with Crippen LogP contribution in [-0.4, -0.2) is 38.2 Å². The van der Waals surface area contributed by atoms with Crippen LogP contribution < -0.4 is 0 Å². The van der Waals surface area contributed by atoms with Crippen molar-refractivity contribution in [1.29, 1.82) is 0 Å². The second-order valence-corrected chi connectivity index (χ2v) is 5.63. The van der Waals surface area contributed by atoms with Gasteiger partial charge in [0.05, 0.1) is 6.33 Å². The Hall–Kier alpha value is -0.953. The first-order valence-electron chi connectivity index (χ1n) is 5.85. The third kappa shape index (κ3) is 4.43. The topological polar surface area (TPSA) is 45.5 Å². The predicted octanol–water partition coefficient (Wildman–Crippen LogP) is 1.94. The third-order valence-corrected chi connectivity index (χ3v) is 4.64. The number of imidazole rings is 1. The molecule has 5 nitrogen and oxygen atoms in total. The molecule has 0 spiro atoms. The van der Waals surface area contributed by atoms with Crippen LogP contribution in [0.15, 0.2) is 24.4 Å². The quantitative estimate of drug-likeness (QED) is 0.667. The molecule has 0 N–H and O–H groups in total. The largest absolute Gasteiger partial charge is 0.531 e. The number of nitrogens with zero attached hydrogens (tertiary/aromatic N) is 2. The molecule has 1 aromatic rings. The standard InChI is InChI=1S/C11H20N2O3Si/c1-4-14-17(15-5-2,16-6-3)10-9-13-8-7-12-11-13/h7-11H,4-6H2,1-3H3/b10-9-. The summed E-state index contributed by atoms with van der Waals surface area (Å²) >= 11 is 0. The zero-order valence-electron chi connectivity index (χ0n) is 10.6. The average Bonchev–Trinajstić information content (AvgIpc) is 2.80. The molecule has 17 heavy (non-hydrogen) atoms. The lowest BCUT2D eigenvalue weighted by atomic mass is 10.8. The summed E-state index contributed by atoms with van der Waals surface area (Å²) in [5, 5.41) is 0. The van der Waals surface area contributed by atoms with Crippen molar-refractivity contribution >= 4 is 15.0 Å². The fourth-order valence-electron chi connectivity index (χ4n) is 1.41. The first-order valence-corrected chi connectivity index (χ1v) is 7.65. The fourth-order valence-corrected chi connectivity index (χ4v) is 3.51. The molecule has 0 unspecified atom stereocenters. The Kier molecular flexibility index (Phi) is 6.13. The summed E-state index contributed by atoms with van der Waals surface area (Å²) < 4.78 is 18.9. The van der Waals surface area contributed by atoms with Gasteiger partial charge in [0.2, 0.25) is 0 Å². The molecule has 0 aliphatic rings. The van der Waals surface area contributed by atoms with Crippen molar-refractivity contribution < 1.29 is 13.3 Å². The van der Waals surface area contributed by atoms with Crippen LogP contribution in [0.3, 0.4) is 0 Å². The van der Waals surface area contributed by atoms with E-state index >= 15 is 0 Å². The van der Waals surface area contributed by atoms with Crippen molar-refractivity contribution in [1.82, 2.24) is 9.55 Å². The van der Waals surface area contributed by atoms with Crippen LogP contribution in [0.25, 0.3) is 6.20 Å². The highest BCUT2D eigenvalue weighted by Crippen LogP contribution is 2.12. The highest BCUT2D eigenvalue weighted by Gasteiger charge is 2.37. The molecule has 0 atom stereocenters. The minimum absolute atomic E-state index is 0.570. The predicted molar refractivity (Wildman–Crippen MR) is 68.2 cm³/mol. The van der Waals surface area contributed by atoms with Crippen molar-refractivity contribution in [2.75, 3.05) is 19.8 Å². The number of hydrogen-bond donors (Lipinski definition) is 0. The summed E-state index contributed by atoms with van der Waals surface area (Å²) in [7, 11) is -2.68. The zero-order chi connectivity index (χ0) is 12.6. The Bertz CT molecular complexity index is 310. The van der Waals surface area contributed by atoms with Crippen molar-refractivity contribution in [3.8, 4) is 0 Å². The number of hydrogen-bond acceptors (Lipinski definition) is 4. The van der Waals surface area contributed by atoms with Gasteiger partial charge >= 0.3 is 8.80 Å². The van der Waals surface area contributed by atoms with Crippen LogP contribution in [0.2, 0.25) is 0 Å². The van der Waals surface area contributed by atoms with Crippen molar-refractivity contribution in [2.24, 2.45) is 0 Å². The van der Waals surface area contributed by atoms with Crippen LogP contribution in [0, 0.1) is 0 Å². The molecule has 0 aliphatic carbocycles. The molecule has 1 heterocycles. The van der Waals surface area contributed by atoms with Gasteiger partial charge in [0.25, 0.3) is 0 Å². The molecule has 0 fully saturated rings. The molecule has 0 amide bonds. The maximum absolute atomic E-state index is 5.68. The van der Waals surface area contributed by atoms with E-state index in [0.29, 0.717) is 19.8 Å². The molecule has 1 aromatic heterocycles. The lowest BCUT2D eigenvalue weighted by Crippen LogP contribution is -2.44. The highest BCUT2D eigenvalue weighted by molar-refractivity contribution is 6.66. The molecular formula is C11H20N2O3Si.